The molecular weight excluding hydrogens is 234 g/mol. The van der Waals surface area contributed by atoms with E-state index in [0.29, 0.717) is 12.4 Å². The van der Waals surface area contributed by atoms with Crippen LogP contribution in [0.15, 0.2) is 18.2 Å². The Morgan fingerprint density at radius 3 is 3.00 bits per heavy atom. The van der Waals surface area contributed by atoms with Crippen LogP contribution in [0, 0.1) is 17.0 Å². The van der Waals surface area contributed by atoms with E-state index in [2.05, 4.69) is 0 Å². The summed E-state index contributed by atoms with van der Waals surface area (Å²) in [6.07, 6.45) is 3.23. The molecule has 18 heavy (non-hydrogen) atoms. The van der Waals surface area contributed by atoms with Crippen LogP contribution in [-0.2, 0) is 4.74 Å². The summed E-state index contributed by atoms with van der Waals surface area (Å²) in [5.74, 6) is 0.328. The Hall–Kier alpha value is -1.62. The molecule has 0 saturated carbocycles. The largest absolute Gasteiger partial charge is 0.484 e. The van der Waals surface area contributed by atoms with Gasteiger partial charge in [0.25, 0.3) is 0 Å². The second-order valence-corrected chi connectivity index (χ2v) is 4.53. The fourth-order valence-corrected chi connectivity index (χ4v) is 2.01. The molecule has 0 N–H and O–H groups in total. The molecule has 2 rings (SSSR count). The van der Waals surface area contributed by atoms with Gasteiger partial charge in [0.05, 0.1) is 11.0 Å². The maximum absolute atomic E-state index is 10.9. The highest BCUT2D eigenvalue weighted by Crippen LogP contribution is 2.28. The third-order valence-electron chi connectivity index (χ3n) is 3.01. The van der Waals surface area contributed by atoms with Crippen molar-refractivity contribution < 1.29 is 14.4 Å². The van der Waals surface area contributed by atoms with Crippen molar-refractivity contribution in [3.8, 4) is 5.75 Å². The lowest BCUT2D eigenvalue weighted by atomic mass is 10.1. The van der Waals surface area contributed by atoms with Crippen molar-refractivity contribution in [2.45, 2.75) is 32.3 Å². The van der Waals surface area contributed by atoms with Gasteiger partial charge in [-0.1, -0.05) is 6.07 Å². The summed E-state index contributed by atoms with van der Waals surface area (Å²) in [5, 5.41) is 10.9. The van der Waals surface area contributed by atoms with Crippen molar-refractivity contribution in [3.05, 3.63) is 33.9 Å². The molecule has 1 heterocycles. The van der Waals surface area contributed by atoms with Crippen LogP contribution in [0.5, 0.6) is 5.75 Å². The summed E-state index contributed by atoms with van der Waals surface area (Å²) in [5.41, 5.74) is 0.955. The Bertz CT molecular complexity index is 427. The predicted octanol–water partition coefficient (Wildman–Crippen LogP) is 2.85. The zero-order valence-electron chi connectivity index (χ0n) is 10.4. The standard InChI is InChI=1S/C13H17NO4/c1-10-5-6-12(14(15)16)13(8-10)18-9-11-4-2-3-7-17-11/h5-6,8,11H,2-4,7,9H2,1H3/t11-/m1/s1. The minimum absolute atomic E-state index is 0.0106. The van der Waals surface area contributed by atoms with Crippen LogP contribution in [-0.4, -0.2) is 24.2 Å². The zero-order chi connectivity index (χ0) is 13.0. The molecule has 1 atom stereocenters. The van der Waals surface area contributed by atoms with Crippen LogP contribution in [0.1, 0.15) is 24.8 Å². The summed E-state index contributed by atoms with van der Waals surface area (Å²) in [6, 6.07) is 4.88. The van der Waals surface area contributed by atoms with Gasteiger partial charge in [-0.15, -0.1) is 0 Å². The monoisotopic (exact) mass is 251 g/mol. The normalized spacial score (nSPS) is 19.5. The zero-order valence-corrected chi connectivity index (χ0v) is 10.4. The number of nitrogens with zero attached hydrogens (tertiary/aromatic N) is 1. The maximum atomic E-state index is 10.9. The number of rotatable bonds is 4. The van der Waals surface area contributed by atoms with E-state index in [1.165, 1.54) is 6.07 Å². The van der Waals surface area contributed by atoms with Gasteiger partial charge >= 0.3 is 5.69 Å². The Morgan fingerprint density at radius 1 is 1.50 bits per heavy atom. The summed E-state index contributed by atoms with van der Waals surface area (Å²) in [6.45, 7) is 3.02. The Morgan fingerprint density at radius 2 is 2.33 bits per heavy atom. The number of hydrogen-bond donors (Lipinski definition) is 0. The number of hydrogen-bond acceptors (Lipinski definition) is 4. The Kier molecular flexibility index (Phi) is 4.15. The highest BCUT2D eigenvalue weighted by atomic mass is 16.6. The quantitative estimate of drug-likeness (QED) is 0.609. The maximum Gasteiger partial charge on any atom is 0.310 e. The molecule has 5 heteroatoms. The third-order valence-corrected chi connectivity index (χ3v) is 3.01. The average Bonchev–Trinajstić information content (AvgIpc) is 2.37. The fraction of sp³-hybridized carbons (Fsp3) is 0.538. The van der Waals surface area contributed by atoms with Crippen LogP contribution in [0.4, 0.5) is 5.69 Å². The molecule has 98 valence electrons. The molecule has 0 radical (unpaired) electrons. The lowest BCUT2D eigenvalue weighted by molar-refractivity contribution is -0.386. The summed E-state index contributed by atoms with van der Waals surface area (Å²) >= 11 is 0. The molecule has 0 unspecified atom stereocenters. The summed E-state index contributed by atoms with van der Waals surface area (Å²) < 4.78 is 11.1. The number of benzene rings is 1. The highest BCUT2D eigenvalue weighted by molar-refractivity contribution is 5.48. The first-order chi connectivity index (χ1) is 8.66. The van der Waals surface area contributed by atoms with Crippen molar-refractivity contribution in [2.24, 2.45) is 0 Å². The van der Waals surface area contributed by atoms with Gasteiger partial charge in [-0.25, -0.2) is 0 Å². The van der Waals surface area contributed by atoms with E-state index in [1.54, 1.807) is 12.1 Å². The molecule has 1 fully saturated rings. The lowest BCUT2D eigenvalue weighted by Crippen LogP contribution is -2.25. The minimum Gasteiger partial charge on any atom is -0.484 e. The van der Waals surface area contributed by atoms with Gasteiger partial charge in [-0.05, 0) is 37.8 Å². The van der Waals surface area contributed by atoms with E-state index in [4.69, 9.17) is 9.47 Å². The predicted molar refractivity (Wildman–Crippen MR) is 66.9 cm³/mol. The first-order valence-electron chi connectivity index (χ1n) is 6.16. The molecule has 5 nitrogen and oxygen atoms in total. The molecule has 0 aromatic heterocycles. The van der Waals surface area contributed by atoms with Gasteiger partial charge in [0.2, 0.25) is 0 Å². The van der Waals surface area contributed by atoms with Crippen molar-refractivity contribution >= 4 is 5.69 Å². The number of nitro groups is 1. The molecule has 1 saturated heterocycles. The van der Waals surface area contributed by atoms with Crippen molar-refractivity contribution in [1.82, 2.24) is 0 Å². The summed E-state index contributed by atoms with van der Waals surface area (Å²) in [4.78, 5) is 10.5. The smallest absolute Gasteiger partial charge is 0.310 e. The van der Waals surface area contributed by atoms with E-state index >= 15 is 0 Å². The van der Waals surface area contributed by atoms with Crippen LogP contribution in [0.2, 0.25) is 0 Å². The van der Waals surface area contributed by atoms with Gasteiger partial charge in [0, 0.05) is 12.7 Å². The lowest BCUT2D eigenvalue weighted by Gasteiger charge is -2.22. The van der Waals surface area contributed by atoms with E-state index < -0.39 is 4.92 Å². The van der Waals surface area contributed by atoms with Crippen molar-refractivity contribution in [2.75, 3.05) is 13.2 Å². The number of nitro benzene ring substituents is 1. The van der Waals surface area contributed by atoms with E-state index in [0.717, 1.165) is 31.4 Å². The van der Waals surface area contributed by atoms with E-state index in [-0.39, 0.29) is 11.8 Å². The van der Waals surface area contributed by atoms with Crippen LogP contribution in [0.25, 0.3) is 0 Å². The molecule has 0 bridgehead atoms. The molecule has 1 aromatic carbocycles. The SMILES string of the molecule is Cc1ccc([N+](=O)[O-])c(OC[C@H]2CCCCO2)c1. The minimum atomic E-state index is -0.420. The second kappa shape index (κ2) is 5.82. The van der Waals surface area contributed by atoms with Gasteiger partial charge in [0.15, 0.2) is 5.75 Å². The molecule has 0 aliphatic carbocycles. The van der Waals surface area contributed by atoms with Gasteiger partial charge in [-0.3, -0.25) is 10.1 Å². The molecular formula is C13H17NO4. The molecule has 1 aliphatic heterocycles. The van der Waals surface area contributed by atoms with Crippen LogP contribution in [0.3, 0.4) is 0 Å². The first-order valence-corrected chi connectivity index (χ1v) is 6.16. The summed E-state index contributed by atoms with van der Waals surface area (Å²) in [7, 11) is 0. The Labute approximate surface area is 106 Å². The molecule has 1 aliphatic rings. The van der Waals surface area contributed by atoms with Crippen LogP contribution < -0.4 is 4.74 Å². The highest BCUT2D eigenvalue weighted by Gasteiger charge is 2.19. The Balaban J connectivity index is 2.03. The number of aryl methyl sites for hydroxylation is 1. The van der Waals surface area contributed by atoms with Gasteiger partial charge < -0.3 is 9.47 Å². The van der Waals surface area contributed by atoms with Gasteiger partial charge in [-0.2, -0.15) is 0 Å². The number of ether oxygens (including phenoxy) is 2. The first kappa shape index (κ1) is 12.8. The average molecular weight is 251 g/mol. The third kappa shape index (κ3) is 3.20. The van der Waals surface area contributed by atoms with Crippen LogP contribution >= 0.6 is 0 Å². The molecule has 1 aromatic rings. The van der Waals surface area contributed by atoms with Crippen molar-refractivity contribution in [3.63, 3.8) is 0 Å². The molecule has 0 amide bonds. The second-order valence-electron chi connectivity index (χ2n) is 4.53. The van der Waals surface area contributed by atoms with E-state index in [9.17, 15) is 10.1 Å². The van der Waals surface area contributed by atoms with Gasteiger partial charge in [0.1, 0.15) is 6.61 Å². The molecule has 0 spiro atoms. The fourth-order valence-electron chi connectivity index (χ4n) is 2.01. The van der Waals surface area contributed by atoms with E-state index in [1.807, 2.05) is 6.92 Å². The van der Waals surface area contributed by atoms with Crippen molar-refractivity contribution in [1.29, 1.82) is 0 Å². The topological polar surface area (TPSA) is 61.6 Å².